The van der Waals surface area contributed by atoms with Crippen LogP contribution in [0.15, 0.2) is 30.3 Å². The van der Waals surface area contributed by atoms with Gasteiger partial charge < -0.3 is 9.47 Å². The van der Waals surface area contributed by atoms with Crippen LogP contribution in [0.4, 0.5) is 4.79 Å². The average molecular weight is 302 g/mol. The molecule has 0 spiro atoms. The summed E-state index contributed by atoms with van der Waals surface area (Å²) in [6.07, 6.45) is -0.310. The molecule has 1 aromatic rings. The lowest BCUT2D eigenvalue weighted by molar-refractivity contribution is -0.147. The van der Waals surface area contributed by atoms with Crippen LogP contribution in [-0.2, 0) is 20.9 Å². The predicted molar refractivity (Wildman–Crippen MR) is 77.5 cm³/mol. The van der Waals surface area contributed by atoms with Crippen molar-refractivity contribution in [3.05, 3.63) is 35.9 Å². The second kappa shape index (κ2) is 7.46. The number of nitriles is 1. The van der Waals surface area contributed by atoms with Crippen molar-refractivity contribution in [2.75, 3.05) is 13.2 Å². The van der Waals surface area contributed by atoms with Crippen molar-refractivity contribution in [1.82, 2.24) is 4.90 Å². The van der Waals surface area contributed by atoms with E-state index in [1.54, 1.807) is 6.92 Å². The molecular formula is C16H18N2O4. The number of nitrogens with zero attached hydrogens (tertiary/aromatic N) is 2. The highest BCUT2D eigenvalue weighted by Crippen LogP contribution is 2.25. The highest BCUT2D eigenvalue weighted by molar-refractivity contribution is 5.82. The number of carbonyl (C=O) groups is 2. The summed E-state index contributed by atoms with van der Waals surface area (Å²) in [5, 5.41) is 9.02. The largest absolute Gasteiger partial charge is 0.464 e. The number of benzene rings is 1. The lowest BCUT2D eigenvalue weighted by atomic mass is 10.1. The van der Waals surface area contributed by atoms with E-state index in [-0.39, 0.29) is 32.1 Å². The molecule has 1 amide bonds. The molecule has 1 heterocycles. The molecule has 1 unspecified atom stereocenters. The summed E-state index contributed by atoms with van der Waals surface area (Å²) in [5.74, 6) is -0.865. The van der Waals surface area contributed by atoms with Crippen LogP contribution in [0, 0.1) is 17.2 Å². The molecule has 2 rings (SSSR count). The third-order valence-corrected chi connectivity index (χ3v) is 3.48. The summed E-state index contributed by atoms with van der Waals surface area (Å²) in [4.78, 5) is 25.4. The lowest BCUT2D eigenvalue weighted by Crippen LogP contribution is -2.41. The highest BCUT2D eigenvalue weighted by atomic mass is 16.6. The Morgan fingerprint density at radius 3 is 2.68 bits per heavy atom. The van der Waals surface area contributed by atoms with Crippen molar-refractivity contribution in [2.24, 2.45) is 5.92 Å². The van der Waals surface area contributed by atoms with Gasteiger partial charge in [0.2, 0.25) is 0 Å². The molecule has 0 radical (unpaired) electrons. The third kappa shape index (κ3) is 3.76. The van der Waals surface area contributed by atoms with Gasteiger partial charge in [-0.1, -0.05) is 30.3 Å². The van der Waals surface area contributed by atoms with Gasteiger partial charge in [-0.15, -0.1) is 0 Å². The van der Waals surface area contributed by atoms with Crippen LogP contribution in [0.1, 0.15) is 18.9 Å². The van der Waals surface area contributed by atoms with E-state index in [4.69, 9.17) is 14.7 Å². The maximum Gasteiger partial charge on any atom is 0.410 e. The highest BCUT2D eigenvalue weighted by Gasteiger charge is 2.41. The van der Waals surface area contributed by atoms with Gasteiger partial charge in [-0.05, 0) is 18.9 Å². The smallest absolute Gasteiger partial charge is 0.410 e. The molecule has 116 valence electrons. The summed E-state index contributed by atoms with van der Waals surface area (Å²) >= 11 is 0. The van der Waals surface area contributed by atoms with Crippen LogP contribution in [-0.4, -0.2) is 36.2 Å². The Balaban J connectivity index is 1.99. The van der Waals surface area contributed by atoms with E-state index in [1.165, 1.54) is 4.90 Å². The first kappa shape index (κ1) is 15.8. The molecule has 1 aliphatic heterocycles. The SMILES string of the molecule is CCOC(=O)[C@@H]1CC(C#N)CN1C(=O)OCc1ccccc1. The zero-order valence-corrected chi connectivity index (χ0v) is 12.4. The molecule has 2 atom stereocenters. The summed E-state index contributed by atoms with van der Waals surface area (Å²) in [6, 6.07) is 10.6. The minimum atomic E-state index is -0.743. The summed E-state index contributed by atoms with van der Waals surface area (Å²) in [6.45, 7) is 2.25. The number of carbonyl (C=O) groups excluding carboxylic acids is 2. The fourth-order valence-electron chi connectivity index (χ4n) is 2.40. The monoisotopic (exact) mass is 302 g/mol. The van der Waals surface area contributed by atoms with Crippen molar-refractivity contribution < 1.29 is 19.1 Å². The molecule has 6 nitrogen and oxygen atoms in total. The average Bonchev–Trinajstić information content (AvgIpc) is 2.98. The molecule has 1 aromatic carbocycles. The number of hydrogen-bond acceptors (Lipinski definition) is 5. The quantitative estimate of drug-likeness (QED) is 0.796. The zero-order chi connectivity index (χ0) is 15.9. The van der Waals surface area contributed by atoms with Crippen molar-refractivity contribution in [1.29, 1.82) is 5.26 Å². The molecule has 22 heavy (non-hydrogen) atoms. The van der Waals surface area contributed by atoms with Gasteiger partial charge in [0.05, 0.1) is 18.6 Å². The maximum atomic E-state index is 12.2. The Kier molecular flexibility index (Phi) is 5.37. The molecule has 0 saturated carbocycles. The number of esters is 1. The van der Waals surface area contributed by atoms with Crippen LogP contribution in [0.25, 0.3) is 0 Å². The predicted octanol–water partition coefficient (Wildman–Crippen LogP) is 2.10. The molecular weight excluding hydrogens is 284 g/mol. The Morgan fingerprint density at radius 1 is 1.32 bits per heavy atom. The van der Waals surface area contributed by atoms with Gasteiger partial charge in [-0.3, -0.25) is 4.90 Å². The fourth-order valence-corrected chi connectivity index (χ4v) is 2.40. The van der Waals surface area contributed by atoms with E-state index in [2.05, 4.69) is 6.07 Å². The molecule has 0 bridgehead atoms. The Morgan fingerprint density at radius 2 is 2.05 bits per heavy atom. The van der Waals surface area contributed by atoms with Gasteiger partial charge in [-0.25, -0.2) is 9.59 Å². The van der Waals surface area contributed by atoms with Gasteiger partial charge in [0, 0.05) is 6.54 Å². The standard InChI is InChI=1S/C16H18N2O4/c1-2-21-15(19)14-8-13(9-17)10-18(14)16(20)22-11-12-6-4-3-5-7-12/h3-7,13-14H,2,8,10-11H2,1H3/t13?,14-/m0/s1. The van der Waals surface area contributed by atoms with E-state index in [0.29, 0.717) is 0 Å². The number of ether oxygens (including phenoxy) is 2. The van der Waals surface area contributed by atoms with Gasteiger partial charge in [0.15, 0.2) is 0 Å². The first-order chi connectivity index (χ1) is 10.7. The van der Waals surface area contributed by atoms with Crippen LogP contribution in [0.5, 0.6) is 0 Å². The second-order valence-electron chi connectivity index (χ2n) is 5.02. The fraction of sp³-hybridized carbons (Fsp3) is 0.438. The van der Waals surface area contributed by atoms with Gasteiger partial charge in [-0.2, -0.15) is 5.26 Å². The van der Waals surface area contributed by atoms with Crippen molar-refractivity contribution in [3.63, 3.8) is 0 Å². The lowest BCUT2D eigenvalue weighted by Gasteiger charge is -2.22. The molecule has 1 fully saturated rings. The topological polar surface area (TPSA) is 79.6 Å². The second-order valence-corrected chi connectivity index (χ2v) is 5.02. The van der Waals surface area contributed by atoms with E-state index in [0.717, 1.165) is 5.56 Å². The number of likely N-dealkylation sites (tertiary alicyclic amines) is 1. The minimum absolute atomic E-state index is 0.128. The maximum absolute atomic E-state index is 12.2. The normalized spacial score (nSPS) is 20.3. The van der Waals surface area contributed by atoms with E-state index >= 15 is 0 Å². The molecule has 0 aliphatic carbocycles. The molecule has 6 heteroatoms. The number of hydrogen-bond donors (Lipinski definition) is 0. The first-order valence-corrected chi connectivity index (χ1v) is 7.19. The molecule has 0 aromatic heterocycles. The van der Waals surface area contributed by atoms with Gasteiger partial charge in [0.1, 0.15) is 12.6 Å². The zero-order valence-electron chi connectivity index (χ0n) is 12.4. The Hall–Kier alpha value is -2.55. The molecule has 0 N–H and O–H groups in total. The first-order valence-electron chi connectivity index (χ1n) is 7.19. The minimum Gasteiger partial charge on any atom is -0.464 e. The van der Waals surface area contributed by atoms with Crippen molar-refractivity contribution >= 4 is 12.1 Å². The van der Waals surface area contributed by atoms with Crippen LogP contribution >= 0.6 is 0 Å². The van der Waals surface area contributed by atoms with E-state index in [9.17, 15) is 9.59 Å². The van der Waals surface area contributed by atoms with E-state index < -0.39 is 18.1 Å². The summed E-state index contributed by atoms with van der Waals surface area (Å²) in [7, 11) is 0. The third-order valence-electron chi connectivity index (χ3n) is 3.48. The van der Waals surface area contributed by atoms with Crippen molar-refractivity contribution in [2.45, 2.75) is 26.0 Å². The van der Waals surface area contributed by atoms with E-state index in [1.807, 2.05) is 30.3 Å². The Bertz CT molecular complexity index is 567. The van der Waals surface area contributed by atoms with Gasteiger partial charge in [0.25, 0.3) is 0 Å². The van der Waals surface area contributed by atoms with Crippen molar-refractivity contribution in [3.8, 4) is 6.07 Å². The number of rotatable bonds is 4. The Labute approximate surface area is 129 Å². The van der Waals surface area contributed by atoms with Crippen LogP contribution in [0.2, 0.25) is 0 Å². The molecule has 1 saturated heterocycles. The summed E-state index contributed by atoms with van der Waals surface area (Å²) < 4.78 is 10.2. The molecule has 1 aliphatic rings. The number of amides is 1. The summed E-state index contributed by atoms with van der Waals surface area (Å²) in [5.41, 5.74) is 0.861. The van der Waals surface area contributed by atoms with Crippen LogP contribution in [0.3, 0.4) is 0 Å². The van der Waals surface area contributed by atoms with Crippen LogP contribution < -0.4 is 0 Å². The van der Waals surface area contributed by atoms with Gasteiger partial charge >= 0.3 is 12.1 Å².